The second-order valence-corrected chi connectivity index (χ2v) is 11.2. The zero-order chi connectivity index (χ0) is 32.7. The molecule has 0 aliphatic carbocycles. The Morgan fingerprint density at radius 3 is 2.14 bits per heavy atom. The lowest BCUT2D eigenvalue weighted by atomic mass is 10.0. The number of carbonyl (C=O) groups is 5. The van der Waals surface area contributed by atoms with E-state index in [1.54, 1.807) is 26.8 Å². The van der Waals surface area contributed by atoms with Crippen molar-refractivity contribution in [3.8, 4) is 5.75 Å². The SMILES string of the molecule is CCCCCNC(=O)[C@H](Cc1ccc(OCC(=O)O)c(C(=O)OC)c1)NC(=O)[C@H](Cc1ccccc1)NC(=O)OC(C)(C)C. The first-order valence-corrected chi connectivity index (χ1v) is 14.5. The van der Waals surface area contributed by atoms with E-state index >= 15 is 0 Å². The number of unbranched alkanes of at least 4 members (excludes halogenated alkanes) is 2. The van der Waals surface area contributed by atoms with Crippen LogP contribution in [0.2, 0.25) is 0 Å². The van der Waals surface area contributed by atoms with Gasteiger partial charge in [-0.3, -0.25) is 9.59 Å². The fraction of sp³-hybridized carbons (Fsp3) is 0.469. The highest BCUT2D eigenvalue weighted by molar-refractivity contribution is 5.93. The first kappa shape index (κ1) is 35.6. The summed E-state index contributed by atoms with van der Waals surface area (Å²) in [6, 6.07) is 11.3. The topological polar surface area (TPSA) is 169 Å². The van der Waals surface area contributed by atoms with E-state index in [9.17, 15) is 24.0 Å². The predicted molar refractivity (Wildman–Crippen MR) is 162 cm³/mol. The van der Waals surface area contributed by atoms with Gasteiger partial charge in [-0.2, -0.15) is 0 Å². The molecule has 0 radical (unpaired) electrons. The average molecular weight is 614 g/mol. The minimum absolute atomic E-state index is 0.00270. The largest absolute Gasteiger partial charge is 0.481 e. The van der Waals surface area contributed by atoms with Crippen molar-refractivity contribution in [1.82, 2.24) is 16.0 Å². The van der Waals surface area contributed by atoms with E-state index < -0.39 is 54.1 Å². The van der Waals surface area contributed by atoms with E-state index in [1.165, 1.54) is 19.2 Å². The van der Waals surface area contributed by atoms with Crippen molar-refractivity contribution in [2.24, 2.45) is 0 Å². The number of carbonyl (C=O) groups excluding carboxylic acids is 4. The van der Waals surface area contributed by atoms with Gasteiger partial charge in [0.2, 0.25) is 11.8 Å². The Balaban J connectivity index is 2.37. The van der Waals surface area contributed by atoms with Gasteiger partial charge < -0.3 is 35.3 Å². The van der Waals surface area contributed by atoms with Crippen molar-refractivity contribution in [2.45, 2.75) is 77.5 Å². The van der Waals surface area contributed by atoms with Gasteiger partial charge in [0.25, 0.3) is 0 Å². The number of alkyl carbamates (subject to hydrolysis) is 1. The Labute approximate surface area is 257 Å². The number of rotatable bonds is 16. The maximum atomic E-state index is 13.6. The first-order valence-electron chi connectivity index (χ1n) is 14.5. The van der Waals surface area contributed by atoms with Gasteiger partial charge in [-0.15, -0.1) is 0 Å². The Kier molecular flexibility index (Phi) is 14.1. The molecule has 0 saturated heterocycles. The summed E-state index contributed by atoms with van der Waals surface area (Å²) in [5.74, 6) is -3.05. The summed E-state index contributed by atoms with van der Waals surface area (Å²) >= 11 is 0. The van der Waals surface area contributed by atoms with E-state index in [4.69, 9.17) is 19.3 Å². The van der Waals surface area contributed by atoms with Gasteiger partial charge in [-0.25, -0.2) is 14.4 Å². The van der Waals surface area contributed by atoms with Crippen molar-refractivity contribution in [3.63, 3.8) is 0 Å². The molecule has 12 nitrogen and oxygen atoms in total. The summed E-state index contributed by atoms with van der Waals surface area (Å²) in [5, 5.41) is 17.2. The molecule has 240 valence electrons. The second-order valence-electron chi connectivity index (χ2n) is 11.2. The van der Waals surface area contributed by atoms with Gasteiger partial charge in [0.15, 0.2) is 6.61 Å². The molecule has 0 aromatic heterocycles. The third-order valence-electron chi connectivity index (χ3n) is 6.24. The molecule has 2 atom stereocenters. The molecule has 0 bridgehead atoms. The number of benzene rings is 2. The summed E-state index contributed by atoms with van der Waals surface area (Å²) in [6.45, 7) is 6.89. The van der Waals surface area contributed by atoms with Gasteiger partial charge in [-0.1, -0.05) is 56.2 Å². The number of nitrogens with one attached hydrogen (secondary N) is 3. The number of methoxy groups -OCH3 is 1. The smallest absolute Gasteiger partial charge is 0.408 e. The third kappa shape index (κ3) is 12.7. The van der Waals surface area contributed by atoms with Crippen molar-refractivity contribution in [3.05, 3.63) is 65.2 Å². The Bertz CT molecular complexity index is 1280. The van der Waals surface area contributed by atoms with Crippen LogP contribution in [0.3, 0.4) is 0 Å². The van der Waals surface area contributed by atoms with Crippen LogP contribution in [0.5, 0.6) is 5.75 Å². The molecular formula is C32H43N3O9. The molecule has 0 fully saturated rings. The van der Waals surface area contributed by atoms with Crippen molar-refractivity contribution in [1.29, 1.82) is 0 Å². The fourth-order valence-corrected chi connectivity index (χ4v) is 4.17. The van der Waals surface area contributed by atoms with Gasteiger partial charge in [0.1, 0.15) is 29.0 Å². The van der Waals surface area contributed by atoms with Gasteiger partial charge in [0, 0.05) is 19.4 Å². The molecule has 3 amide bonds. The van der Waals surface area contributed by atoms with Gasteiger partial charge >= 0.3 is 18.0 Å². The number of amides is 3. The van der Waals surface area contributed by atoms with Crippen LogP contribution in [-0.2, 0) is 36.7 Å². The number of hydrogen-bond acceptors (Lipinski definition) is 8. The maximum absolute atomic E-state index is 13.6. The van der Waals surface area contributed by atoms with Crippen molar-refractivity contribution < 1.29 is 43.3 Å². The highest BCUT2D eigenvalue weighted by Gasteiger charge is 2.29. The Hall–Kier alpha value is -4.61. The van der Waals surface area contributed by atoms with E-state index in [2.05, 4.69) is 16.0 Å². The quantitative estimate of drug-likeness (QED) is 0.164. The van der Waals surface area contributed by atoms with Crippen LogP contribution >= 0.6 is 0 Å². The van der Waals surface area contributed by atoms with Crippen LogP contribution < -0.4 is 20.7 Å². The van der Waals surface area contributed by atoms with Crippen molar-refractivity contribution in [2.75, 3.05) is 20.3 Å². The van der Waals surface area contributed by atoms with Crippen LogP contribution in [0.25, 0.3) is 0 Å². The van der Waals surface area contributed by atoms with Gasteiger partial charge in [-0.05, 0) is 50.5 Å². The summed E-state index contributed by atoms with van der Waals surface area (Å²) in [4.78, 5) is 63.1. The Morgan fingerprint density at radius 2 is 1.52 bits per heavy atom. The molecule has 0 unspecified atom stereocenters. The lowest BCUT2D eigenvalue weighted by Gasteiger charge is -2.25. The lowest BCUT2D eigenvalue weighted by molar-refractivity contribution is -0.139. The van der Waals surface area contributed by atoms with Gasteiger partial charge in [0.05, 0.1) is 7.11 Å². The van der Waals surface area contributed by atoms with Crippen LogP contribution in [0.4, 0.5) is 4.79 Å². The molecular weight excluding hydrogens is 570 g/mol. The number of ether oxygens (including phenoxy) is 3. The van der Waals surface area contributed by atoms with Crippen LogP contribution in [0.15, 0.2) is 48.5 Å². The van der Waals surface area contributed by atoms with Crippen LogP contribution in [0, 0.1) is 0 Å². The molecule has 4 N–H and O–H groups in total. The molecule has 12 heteroatoms. The minimum Gasteiger partial charge on any atom is -0.481 e. The highest BCUT2D eigenvalue weighted by atomic mass is 16.6. The van der Waals surface area contributed by atoms with E-state index in [0.29, 0.717) is 12.1 Å². The standard InChI is InChI=1S/C32H43N3O9/c1-6-7-11-16-33-28(38)24(19-22-14-15-26(43-20-27(36)37)23(17-22)30(40)42-5)34-29(39)25(18-21-12-9-8-10-13-21)35-31(41)44-32(2,3)4/h8-10,12-15,17,24-25H,6-7,11,16,18-20H2,1-5H3,(H,33,38)(H,34,39)(H,35,41)(H,36,37)/t24-,25-/m0/s1. The monoisotopic (exact) mass is 613 g/mol. The number of hydrogen-bond donors (Lipinski definition) is 4. The van der Waals surface area contributed by atoms with E-state index in [-0.39, 0.29) is 24.2 Å². The normalized spacial score (nSPS) is 12.3. The molecule has 0 saturated carbocycles. The second kappa shape index (κ2) is 17.5. The molecule has 44 heavy (non-hydrogen) atoms. The average Bonchev–Trinajstić information content (AvgIpc) is 2.96. The van der Waals surface area contributed by atoms with Crippen LogP contribution in [0.1, 0.15) is 68.4 Å². The van der Waals surface area contributed by atoms with Crippen LogP contribution in [-0.4, -0.2) is 72.9 Å². The Morgan fingerprint density at radius 1 is 0.864 bits per heavy atom. The molecule has 0 spiro atoms. The number of esters is 1. The maximum Gasteiger partial charge on any atom is 0.408 e. The molecule has 0 aliphatic rings. The number of aliphatic carboxylic acids is 1. The molecule has 0 heterocycles. The zero-order valence-electron chi connectivity index (χ0n) is 25.9. The molecule has 2 aromatic rings. The van der Waals surface area contributed by atoms with E-state index in [0.717, 1.165) is 24.8 Å². The lowest BCUT2D eigenvalue weighted by Crippen LogP contribution is -2.55. The van der Waals surface area contributed by atoms with E-state index in [1.807, 2.05) is 37.3 Å². The zero-order valence-corrected chi connectivity index (χ0v) is 25.9. The highest BCUT2D eigenvalue weighted by Crippen LogP contribution is 2.22. The first-order chi connectivity index (χ1) is 20.8. The molecule has 2 rings (SSSR count). The summed E-state index contributed by atoms with van der Waals surface area (Å²) < 4.78 is 15.4. The predicted octanol–water partition coefficient (Wildman–Crippen LogP) is 3.41. The minimum atomic E-state index is -1.22. The molecule has 2 aromatic carbocycles. The summed E-state index contributed by atoms with van der Waals surface area (Å²) in [7, 11) is 1.17. The summed E-state index contributed by atoms with van der Waals surface area (Å²) in [6.07, 6.45) is 1.95. The number of carboxylic acid groups (broad SMARTS) is 1. The summed E-state index contributed by atoms with van der Waals surface area (Å²) in [5.41, 5.74) is 0.426. The third-order valence-corrected chi connectivity index (χ3v) is 6.24. The molecule has 0 aliphatic heterocycles. The number of carboxylic acids is 1. The fourth-order valence-electron chi connectivity index (χ4n) is 4.17. The van der Waals surface area contributed by atoms with Crippen molar-refractivity contribution >= 4 is 29.8 Å².